The summed E-state index contributed by atoms with van der Waals surface area (Å²) < 4.78 is 55.7. The molecule has 12 nitrogen and oxygen atoms in total. The van der Waals surface area contributed by atoms with E-state index in [0.717, 1.165) is 24.3 Å². The third-order valence-corrected chi connectivity index (χ3v) is 6.98. The standard InChI is InChI=1S/C33H20F4N10O2/c34-19-5-11-27(25(36)13-19)42-32-44-31(45-33(46-32)43-28-12-6-20(35)14-26(28)37)40-21-7-1-18(2-8-21)29-15-23(24(16-38)30(39)41-29)17-3-9-22(10-4-17)47(48)49/h1-15H,(H2,39,41)(H3,40,42,43,44,45,46). The maximum atomic E-state index is 14.4. The van der Waals surface area contributed by atoms with Gasteiger partial charge in [0.25, 0.3) is 5.69 Å². The van der Waals surface area contributed by atoms with Crippen molar-refractivity contribution in [2.24, 2.45) is 0 Å². The van der Waals surface area contributed by atoms with E-state index in [1.165, 1.54) is 24.3 Å². The van der Waals surface area contributed by atoms with Crippen LogP contribution >= 0.6 is 0 Å². The molecular weight excluding hydrogens is 644 g/mol. The number of halogens is 4. The van der Waals surface area contributed by atoms with E-state index in [0.29, 0.717) is 40.2 Å². The van der Waals surface area contributed by atoms with E-state index in [1.54, 1.807) is 30.3 Å². The molecule has 2 aromatic heterocycles. The molecule has 0 radical (unpaired) electrons. The zero-order chi connectivity index (χ0) is 34.7. The zero-order valence-corrected chi connectivity index (χ0v) is 24.7. The highest BCUT2D eigenvalue weighted by molar-refractivity contribution is 5.81. The number of nitrogens with zero attached hydrogens (tertiary/aromatic N) is 6. The molecule has 0 amide bonds. The number of aromatic nitrogens is 4. The normalized spacial score (nSPS) is 10.7. The van der Waals surface area contributed by atoms with E-state index in [4.69, 9.17) is 5.73 Å². The lowest BCUT2D eigenvalue weighted by molar-refractivity contribution is -0.384. The average Bonchev–Trinajstić information content (AvgIpc) is 3.07. The minimum Gasteiger partial charge on any atom is -0.383 e. The van der Waals surface area contributed by atoms with Gasteiger partial charge in [0, 0.05) is 41.1 Å². The van der Waals surface area contributed by atoms with Crippen molar-refractivity contribution >= 4 is 46.4 Å². The number of anilines is 7. The molecule has 6 rings (SSSR count). The molecule has 0 unspecified atom stereocenters. The Balaban J connectivity index is 1.30. The number of hydrogen-bond donors (Lipinski definition) is 4. The minimum atomic E-state index is -0.918. The van der Waals surface area contributed by atoms with Crippen LogP contribution in [0.1, 0.15) is 5.56 Å². The molecule has 0 fully saturated rings. The number of non-ortho nitro benzene ring substituents is 1. The van der Waals surface area contributed by atoms with Crippen LogP contribution in [0.3, 0.4) is 0 Å². The van der Waals surface area contributed by atoms with Crippen molar-refractivity contribution in [1.29, 1.82) is 5.26 Å². The fraction of sp³-hybridized carbons (Fsp3) is 0. The summed E-state index contributed by atoms with van der Waals surface area (Å²) >= 11 is 0. The third kappa shape index (κ3) is 7.15. The Kier molecular flexibility index (Phi) is 8.63. The first-order chi connectivity index (χ1) is 23.6. The summed E-state index contributed by atoms with van der Waals surface area (Å²) in [5.74, 6) is -3.91. The van der Waals surface area contributed by atoms with E-state index in [1.807, 2.05) is 6.07 Å². The summed E-state index contributed by atoms with van der Waals surface area (Å²) in [4.78, 5) is 27.5. The van der Waals surface area contributed by atoms with Crippen molar-refractivity contribution in [1.82, 2.24) is 19.9 Å². The molecule has 6 aromatic rings. The van der Waals surface area contributed by atoms with Crippen LogP contribution in [0.2, 0.25) is 0 Å². The predicted octanol–water partition coefficient (Wildman–Crippen LogP) is 7.75. The predicted molar refractivity (Wildman–Crippen MR) is 173 cm³/mol. The number of rotatable bonds is 9. The fourth-order valence-electron chi connectivity index (χ4n) is 4.64. The lowest BCUT2D eigenvalue weighted by Crippen LogP contribution is -2.08. The van der Waals surface area contributed by atoms with Crippen LogP contribution < -0.4 is 21.7 Å². The van der Waals surface area contributed by atoms with Gasteiger partial charge in [0.1, 0.15) is 40.7 Å². The van der Waals surface area contributed by atoms with Crippen molar-refractivity contribution in [3.8, 4) is 28.5 Å². The van der Waals surface area contributed by atoms with Gasteiger partial charge in [0.15, 0.2) is 0 Å². The number of pyridine rings is 1. The minimum absolute atomic E-state index is 0.0315. The second-order valence-corrected chi connectivity index (χ2v) is 10.2. The quantitative estimate of drug-likeness (QED) is 0.0674. The molecule has 2 heterocycles. The molecule has 0 spiro atoms. The van der Waals surface area contributed by atoms with Crippen LogP contribution in [-0.4, -0.2) is 24.9 Å². The zero-order valence-electron chi connectivity index (χ0n) is 24.7. The van der Waals surface area contributed by atoms with Gasteiger partial charge >= 0.3 is 0 Å². The second kappa shape index (κ2) is 13.3. The number of nitrogen functional groups attached to an aromatic ring is 1. The SMILES string of the molecule is N#Cc1c(-c2ccc([N+](=O)[O-])cc2)cc(-c2ccc(Nc3nc(Nc4ccc(F)cc4F)nc(Nc4ccc(F)cc4F)n3)cc2)nc1N. The van der Waals surface area contributed by atoms with Gasteiger partial charge in [-0.1, -0.05) is 12.1 Å². The van der Waals surface area contributed by atoms with Gasteiger partial charge in [-0.3, -0.25) is 10.1 Å². The van der Waals surface area contributed by atoms with Crippen LogP contribution in [0.4, 0.5) is 64.0 Å². The number of nitrogens with one attached hydrogen (secondary N) is 3. The molecule has 0 bridgehead atoms. The first-order valence-corrected chi connectivity index (χ1v) is 14.1. The number of hydrogen-bond acceptors (Lipinski definition) is 11. The van der Waals surface area contributed by atoms with Crippen molar-refractivity contribution in [3.63, 3.8) is 0 Å². The molecule has 242 valence electrons. The third-order valence-electron chi connectivity index (χ3n) is 6.98. The summed E-state index contributed by atoms with van der Waals surface area (Å²) in [6.45, 7) is 0. The second-order valence-electron chi connectivity index (χ2n) is 10.2. The molecule has 0 atom stereocenters. The number of nitro benzene ring substituents is 1. The molecule has 0 aliphatic heterocycles. The summed E-state index contributed by atoms with van der Waals surface area (Å²) in [5, 5.41) is 29.0. The van der Waals surface area contributed by atoms with E-state index >= 15 is 0 Å². The molecule has 4 aromatic carbocycles. The Bertz CT molecular complexity index is 2190. The van der Waals surface area contributed by atoms with Crippen molar-refractivity contribution in [2.45, 2.75) is 0 Å². The molecule has 49 heavy (non-hydrogen) atoms. The summed E-state index contributed by atoms with van der Waals surface area (Å²) in [6, 6.07) is 21.7. The van der Waals surface area contributed by atoms with E-state index in [-0.39, 0.29) is 46.3 Å². The highest BCUT2D eigenvalue weighted by atomic mass is 19.1. The Morgan fingerprint density at radius 3 is 1.67 bits per heavy atom. The Morgan fingerprint density at radius 1 is 0.673 bits per heavy atom. The summed E-state index contributed by atoms with van der Waals surface area (Å²) in [7, 11) is 0. The van der Waals surface area contributed by atoms with Crippen LogP contribution in [-0.2, 0) is 0 Å². The van der Waals surface area contributed by atoms with E-state index < -0.39 is 28.2 Å². The van der Waals surface area contributed by atoms with Gasteiger partial charge in [-0.2, -0.15) is 20.2 Å². The number of nitro groups is 1. The van der Waals surface area contributed by atoms with Gasteiger partial charge in [-0.05, 0) is 60.2 Å². The van der Waals surface area contributed by atoms with Gasteiger partial charge in [-0.25, -0.2) is 22.5 Å². The topological polar surface area (TPSA) is 181 Å². The molecule has 0 saturated carbocycles. The van der Waals surface area contributed by atoms with Gasteiger partial charge < -0.3 is 21.7 Å². The lowest BCUT2D eigenvalue weighted by atomic mass is 9.98. The Hall–Kier alpha value is -7.15. The van der Waals surface area contributed by atoms with Crippen LogP contribution in [0, 0.1) is 44.7 Å². The molecule has 16 heteroatoms. The Morgan fingerprint density at radius 2 is 1.18 bits per heavy atom. The maximum absolute atomic E-state index is 14.4. The van der Waals surface area contributed by atoms with E-state index in [2.05, 4.69) is 35.9 Å². The van der Waals surface area contributed by atoms with Crippen LogP contribution in [0.25, 0.3) is 22.4 Å². The van der Waals surface area contributed by atoms with Gasteiger partial charge in [0.05, 0.1) is 22.0 Å². The van der Waals surface area contributed by atoms with Gasteiger partial charge in [-0.15, -0.1) is 0 Å². The molecular formula is C33H20F4N10O2. The number of nitriles is 1. The van der Waals surface area contributed by atoms with Crippen molar-refractivity contribution in [2.75, 3.05) is 21.7 Å². The highest BCUT2D eigenvalue weighted by Crippen LogP contribution is 2.33. The van der Waals surface area contributed by atoms with Crippen molar-refractivity contribution in [3.05, 3.63) is 130 Å². The summed E-state index contributed by atoms with van der Waals surface area (Å²) in [5.41, 5.74) is 8.26. The Labute approximate surface area is 274 Å². The lowest BCUT2D eigenvalue weighted by Gasteiger charge is -2.13. The fourth-order valence-corrected chi connectivity index (χ4v) is 4.64. The average molecular weight is 665 g/mol. The molecule has 0 saturated heterocycles. The molecule has 5 N–H and O–H groups in total. The highest BCUT2D eigenvalue weighted by Gasteiger charge is 2.16. The first kappa shape index (κ1) is 31.8. The maximum Gasteiger partial charge on any atom is 0.269 e. The van der Waals surface area contributed by atoms with Crippen LogP contribution in [0.15, 0.2) is 91.0 Å². The van der Waals surface area contributed by atoms with Crippen LogP contribution in [0.5, 0.6) is 0 Å². The molecule has 0 aliphatic carbocycles. The largest absolute Gasteiger partial charge is 0.383 e. The molecule has 0 aliphatic rings. The van der Waals surface area contributed by atoms with Crippen molar-refractivity contribution < 1.29 is 22.5 Å². The smallest absolute Gasteiger partial charge is 0.269 e. The van der Waals surface area contributed by atoms with E-state index in [9.17, 15) is 32.9 Å². The van der Waals surface area contributed by atoms with Gasteiger partial charge in [0.2, 0.25) is 17.8 Å². The number of nitrogens with two attached hydrogens (primary N) is 1. The monoisotopic (exact) mass is 664 g/mol. The number of benzene rings is 4. The summed E-state index contributed by atoms with van der Waals surface area (Å²) in [6.07, 6.45) is 0. The first-order valence-electron chi connectivity index (χ1n) is 14.1.